The number of aryl methyl sites for hydroxylation is 2. The van der Waals surface area contributed by atoms with Gasteiger partial charge >= 0.3 is 0 Å². The lowest BCUT2D eigenvalue weighted by atomic mass is 10.2. The van der Waals surface area contributed by atoms with Crippen molar-refractivity contribution in [3.05, 3.63) is 46.6 Å². The van der Waals surface area contributed by atoms with Crippen LogP contribution in [0.15, 0.2) is 35.6 Å². The van der Waals surface area contributed by atoms with E-state index in [0.717, 1.165) is 27.5 Å². The van der Waals surface area contributed by atoms with Gasteiger partial charge in [0.1, 0.15) is 22.7 Å². The second-order valence-corrected chi connectivity index (χ2v) is 9.48. The number of benzene rings is 1. The van der Waals surface area contributed by atoms with E-state index in [2.05, 4.69) is 41.3 Å². The Bertz CT molecular complexity index is 978. The van der Waals surface area contributed by atoms with Crippen LogP contribution >= 0.6 is 23.1 Å². The van der Waals surface area contributed by atoms with E-state index in [4.69, 9.17) is 0 Å². The molecule has 0 saturated carbocycles. The van der Waals surface area contributed by atoms with Gasteiger partial charge in [0.15, 0.2) is 0 Å². The van der Waals surface area contributed by atoms with Crippen molar-refractivity contribution in [3.63, 3.8) is 0 Å². The number of rotatable bonds is 6. The molecule has 1 aliphatic heterocycles. The van der Waals surface area contributed by atoms with Crippen molar-refractivity contribution in [2.24, 2.45) is 0 Å². The number of carbonyl (C=O) groups excluding carboxylic acids is 1. The number of nitrogens with zero attached hydrogens (tertiary/aromatic N) is 2. The maximum atomic E-state index is 12.4. The summed E-state index contributed by atoms with van der Waals surface area (Å²) in [5.74, 6) is 0.319. The fraction of sp³-hybridized carbons (Fsp3) is 0.381. The minimum absolute atomic E-state index is 0.0146. The average molecular weight is 414 g/mol. The van der Waals surface area contributed by atoms with Gasteiger partial charge in [-0.05, 0) is 31.5 Å². The lowest BCUT2D eigenvalue weighted by molar-refractivity contribution is -0.901. The summed E-state index contributed by atoms with van der Waals surface area (Å²) in [6.07, 6.45) is 4.26. The van der Waals surface area contributed by atoms with Crippen LogP contribution in [0.3, 0.4) is 0 Å². The van der Waals surface area contributed by atoms with Crippen LogP contribution in [0, 0.1) is 13.8 Å². The predicted octanol–water partition coefficient (Wildman–Crippen LogP) is 3.22. The predicted molar refractivity (Wildman–Crippen MR) is 116 cm³/mol. The molecule has 1 fully saturated rings. The van der Waals surface area contributed by atoms with Crippen molar-refractivity contribution in [1.29, 1.82) is 0 Å². The Hall–Kier alpha value is -1.96. The van der Waals surface area contributed by atoms with Gasteiger partial charge in [0.25, 0.3) is 0 Å². The van der Waals surface area contributed by atoms with Gasteiger partial charge in [0, 0.05) is 34.4 Å². The molecule has 28 heavy (non-hydrogen) atoms. The Kier molecular flexibility index (Phi) is 5.94. The molecule has 1 amide bonds. The summed E-state index contributed by atoms with van der Waals surface area (Å²) in [6.45, 7) is 7.81. The standard InChI is InChI=1S/C21H24N4OS2/c1-14-15(2)28-21-19(14)20(22-13-23-21)27-12-18(26)24-17-7-5-16(6-8-17)11-25-9-3-4-10-25/h5-8,13H,3-4,9-12H2,1-2H3,(H,24,26)/p+1. The molecule has 1 aliphatic rings. The maximum absolute atomic E-state index is 12.4. The van der Waals surface area contributed by atoms with Crippen LogP contribution in [-0.4, -0.2) is 34.7 Å². The molecule has 4 rings (SSSR count). The first kappa shape index (κ1) is 19.4. The minimum Gasteiger partial charge on any atom is -0.331 e. The summed E-state index contributed by atoms with van der Waals surface area (Å²) in [6, 6.07) is 8.25. The molecule has 3 aromatic rings. The SMILES string of the molecule is Cc1sc2ncnc(SCC(=O)Nc3ccc(C[NH+]4CCCC4)cc3)c2c1C. The highest BCUT2D eigenvalue weighted by molar-refractivity contribution is 8.00. The van der Waals surface area contributed by atoms with E-state index in [9.17, 15) is 4.79 Å². The van der Waals surface area contributed by atoms with Crippen molar-refractivity contribution in [2.45, 2.75) is 38.3 Å². The topological polar surface area (TPSA) is 59.3 Å². The van der Waals surface area contributed by atoms with Crippen molar-refractivity contribution in [3.8, 4) is 0 Å². The Morgan fingerprint density at radius 3 is 2.68 bits per heavy atom. The second kappa shape index (κ2) is 8.59. The van der Waals surface area contributed by atoms with Crippen LogP contribution in [0.5, 0.6) is 0 Å². The van der Waals surface area contributed by atoms with Crippen LogP contribution in [0.1, 0.15) is 28.8 Å². The Morgan fingerprint density at radius 2 is 1.93 bits per heavy atom. The summed E-state index contributed by atoms with van der Waals surface area (Å²) < 4.78 is 0. The number of hydrogen-bond donors (Lipinski definition) is 2. The fourth-order valence-corrected chi connectivity index (χ4v) is 5.55. The van der Waals surface area contributed by atoms with Gasteiger partial charge in [-0.3, -0.25) is 4.79 Å². The monoisotopic (exact) mass is 413 g/mol. The summed E-state index contributed by atoms with van der Waals surface area (Å²) in [5, 5.41) is 4.95. The third-order valence-corrected chi connectivity index (χ3v) is 7.38. The molecule has 7 heteroatoms. The van der Waals surface area contributed by atoms with Crippen molar-refractivity contribution >= 4 is 44.9 Å². The number of quaternary nitrogens is 1. The molecule has 3 heterocycles. The van der Waals surface area contributed by atoms with Gasteiger partial charge in [-0.15, -0.1) is 11.3 Å². The summed E-state index contributed by atoms with van der Waals surface area (Å²) in [7, 11) is 0. The molecule has 2 N–H and O–H groups in total. The zero-order chi connectivity index (χ0) is 19.5. The van der Waals surface area contributed by atoms with E-state index in [-0.39, 0.29) is 5.91 Å². The number of hydrogen-bond acceptors (Lipinski definition) is 5. The zero-order valence-corrected chi connectivity index (χ0v) is 17.9. The number of thiophene rings is 1. The summed E-state index contributed by atoms with van der Waals surface area (Å²) in [5.41, 5.74) is 3.39. The number of thioether (sulfide) groups is 1. The molecular weight excluding hydrogens is 388 g/mol. The summed E-state index contributed by atoms with van der Waals surface area (Å²) >= 11 is 3.14. The third kappa shape index (κ3) is 4.37. The first-order chi connectivity index (χ1) is 13.6. The van der Waals surface area contributed by atoms with Crippen molar-refractivity contribution in [1.82, 2.24) is 9.97 Å². The lowest BCUT2D eigenvalue weighted by Crippen LogP contribution is -3.08. The Labute approximate surface area is 173 Å². The smallest absolute Gasteiger partial charge is 0.234 e. The van der Waals surface area contributed by atoms with E-state index in [1.165, 1.54) is 53.7 Å². The van der Waals surface area contributed by atoms with E-state index < -0.39 is 0 Å². The zero-order valence-electron chi connectivity index (χ0n) is 16.2. The van der Waals surface area contributed by atoms with Gasteiger partial charge in [-0.25, -0.2) is 9.97 Å². The normalized spacial score (nSPS) is 14.6. The molecule has 0 bridgehead atoms. The highest BCUT2D eigenvalue weighted by atomic mass is 32.2. The van der Waals surface area contributed by atoms with Gasteiger partial charge in [0.2, 0.25) is 5.91 Å². The largest absolute Gasteiger partial charge is 0.331 e. The molecule has 2 aromatic heterocycles. The van der Waals surface area contributed by atoms with E-state index in [0.29, 0.717) is 5.75 Å². The number of anilines is 1. The van der Waals surface area contributed by atoms with Gasteiger partial charge in [-0.2, -0.15) is 0 Å². The van der Waals surface area contributed by atoms with Gasteiger partial charge in [-0.1, -0.05) is 23.9 Å². The molecule has 1 saturated heterocycles. The average Bonchev–Trinajstić information content (AvgIpc) is 3.30. The minimum atomic E-state index is -0.0146. The number of fused-ring (bicyclic) bond motifs is 1. The van der Waals surface area contributed by atoms with Crippen LogP contribution in [0.25, 0.3) is 10.2 Å². The van der Waals surface area contributed by atoms with Crippen LogP contribution in [0.4, 0.5) is 5.69 Å². The molecule has 0 spiro atoms. The second-order valence-electron chi connectivity index (χ2n) is 7.31. The Morgan fingerprint density at radius 1 is 1.18 bits per heavy atom. The first-order valence-corrected chi connectivity index (χ1v) is 11.5. The van der Waals surface area contributed by atoms with Crippen molar-refractivity contribution < 1.29 is 9.69 Å². The highest BCUT2D eigenvalue weighted by Crippen LogP contribution is 2.34. The van der Waals surface area contributed by atoms with Crippen LogP contribution < -0.4 is 10.2 Å². The summed E-state index contributed by atoms with van der Waals surface area (Å²) in [4.78, 5) is 25.0. The highest BCUT2D eigenvalue weighted by Gasteiger charge is 2.16. The van der Waals surface area contributed by atoms with Crippen LogP contribution in [0.2, 0.25) is 0 Å². The maximum Gasteiger partial charge on any atom is 0.234 e. The lowest BCUT2D eigenvalue weighted by Gasteiger charge is -2.12. The number of amides is 1. The van der Waals surface area contributed by atoms with Gasteiger partial charge in [0.05, 0.1) is 18.8 Å². The number of aromatic nitrogens is 2. The van der Waals surface area contributed by atoms with E-state index in [1.807, 2.05) is 12.1 Å². The third-order valence-electron chi connectivity index (χ3n) is 5.27. The van der Waals surface area contributed by atoms with E-state index >= 15 is 0 Å². The molecule has 0 aliphatic carbocycles. The van der Waals surface area contributed by atoms with Crippen molar-refractivity contribution in [2.75, 3.05) is 24.2 Å². The molecule has 0 radical (unpaired) electrons. The molecule has 1 aromatic carbocycles. The fourth-order valence-electron chi connectivity index (χ4n) is 3.64. The Balaban J connectivity index is 1.34. The number of nitrogens with one attached hydrogen (secondary N) is 2. The molecule has 0 unspecified atom stereocenters. The molecule has 5 nitrogen and oxygen atoms in total. The first-order valence-electron chi connectivity index (χ1n) is 9.66. The molecule has 0 atom stereocenters. The quantitative estimate of drug-likeness (QED) is 0.481. The molecule has 146 valence electrons. The molecular formula is C21H25N4OS2+. The van der Waals surface area contributed by atoms with Gasteiger partial charge < -0.3 is 10.2 Å². The number of likely N-dealkylation sites (tertiary alicyclic amines) is 1. The van der Waals surface area contributed by atoms with E-state index in [1.54, 1.807) is 22.6 Å². The van der Waals surface area contributed by atoms with Crippen LogP contribution in [-0.2, 0) is 11.3 Å². The number of carbonyl (C=O) groups is 1.